The monoisotopic (exact) mass is 468 g/mol. The number of hydrogen-bond acceptors (Lipinski definition) is 1. The Morgan fingerprint density at radius 1 is 0.741 bits per heavy atom. The molecule has 0 rings (SSSR count). The van der Waals surface area contributed by atoms with Crippen molar-refractivity contribution in [2.75, 3.05) is 6.61 Å². The maximum absolute atomic E-state index is 6.00. The van der Waals surface area contributed by atoms with Crippen molar-refractivity contribution in [1.82, 2.24) is 0 Å². The van der Waals surface area contributed by atoms with Crippen LogP contribution in [-0.4, -0.2) is 12.7 Å². The first-order valence-corrected chi connectivity index (χ1v) is 11.7. The first-order valence-electron chi connectivity index (χ1n) is 11.7. The third-order valence-corrected chi connectivity index (χ3v) is 5.26. The van der Waals surface area contributed by atoms with E-state index in [1.165, 1.54) is 96.3 Å². The van der Waals surface area contributed by atoms with Crippen LogP contribution in [0.15, 0.2) is 12.7 Å². The molecule has 0 saturated carbocycles. The zero-order valence-corrected chi connectivity index (χ0v) is 20.9. The van der Waals surface area contributed by atoms with E-state index in [2.05, 4.69) is 34.3 Å². The van der Waals surface area contributed by atoms with E-state index in [1.807, 2.05) is 6.08 Å². The van der Waals surface area contributed by atoms with E-state index in [1.54, 1.807) is 0 Å². The van der Waals surface area contributed by atoms with E-state index in [-0.39, 0.29) is 25.6 Å². The van der Waals surface area contributed by atoms with Gasteiger partial charge in [-0.15, -0.1) is 6.58 Å². The van der Waals surface area contributed by atoms with Gasteiger partial charge in [-0.3, -0.25) is 0 Å². The Labute approximate surface area is 185 Å². The molecule has 0 aromatic carbocycles. The van der Waals surface area contributed by atoms with Gasteiger partial charge in [-0.1, -0.05) is 117 Å². The molecule has 0 amide bonds. The molecule has 0 radical (unpaired) electrons. The summed E-state index contributed by atoms with van der Waals surface area (Å²) in [6, 6.07) is 0. The number of hydrogen-bond donors (Lipinski definition) is 0. The van der Waals surface area contributed by atoms with Crippen LogP contribution in [-0.2, 0) is 24.2 Å². The third-order valence-electron chi connectivity index (χ3n) is 5.26. The van der Waals surface area contributed by atoms with E-state index >= 15 is 0 Å². The van der Waals surface area contributed by atoms with Crippen LogP contribution in [0.4, 0.5) is 0 Å². The summed E-state index contributed by atoms with van der Waals surface area (Å²) >= 11 is 0. The topological polar surface area (TPSA) is 9.23 Å². The van der Waals surface area contributed by atoms with Crippen LogP contribution in [0.25, 0.3) is 0 Å². The molecule has 1 unspecified atom stereocenters. The molecular weight excluding hydrogens is 417 g/mol. The Hall–Kier alpha value is 0.323. The van der Waals surface area contributed by atoms with E-state index in [4.69, 9.17) is 4.74 Å². The summed E-state index contributed by atoms with van der Waals surface area (Å²) in [4.78, 5) is 0. The maximum Gasteiger partial charge on any atom is 0.0753 e. The summed E-state index contributed by atoms with van der Waals surface area (Å²) in [5.74, 6) is 0. The van der Waals surface area contributed by atoms with Crippen LogP contribution in [0.5, 0.6) is 0 Å². The molecule has 0 heterocycles. The van der Waals surface area contributed by atoms with Gasteiger partial charge in [0, 0.05) is 26.1 Å². The molecule has 0 aliphatic heterocycles. The Morgan fingerprint density at radius 2 is 1.22 bits per heavy atom. The minimum absolute atomic E-state index is 0. The Kier molecular flexibility index (Phi) is 23.0. The van der Waals surface area contributed by atoms with E-state index in [0.29, 0.717) is 5.41 Å². The third kappa shape index (κ3) is 24.3. The van der Waals surface area contributed by atoms with E-state index in [0.717, 1.165) is 13.0 Å². The van der Waals surface area contributed by atoms with Crippen molar-refractivity contribution in [1.29, 1.82) is 0 Å². The van der Waals surface area contributed by atoms with Crippen LogP contribution in [0.1, 0.15) is 130 Å². The summed E-state index contributed by atoms with van der Waals surface area (Å²) in [5.41, 5.74) is 0.508. The van der Waals surface area contributed by atoms with Crippen molar-refractivity contribution in [2.24, 2.45) is 5.41 Å². The molecule has 0 N–H and O–H groups in total. The second kappa shape index (κ2) is 21.0. The molecule has 164 valence electrons. The van der Waals surface area contributed by atoms with E-state index in [9.17, 15) is 0 Å². The Bertz CT molecular complexity index is 295. The average molecular weight is 468 g/mol. The van der Waals surface area contributed by atoms with Gasteiger partial charge in [-0.25, -0.2) is 0 Å². The largest absolute Gasteiger partial charge is 0.374 e. The molecule has 0 saturated heterocycles. The fourth-order valence-corrected chi connectivity index (χ4v) is 3.45. The summed E-state index contributed by atoms with van der Waals surface area (Å²) in [5, 5.41) is 0. The smallest absolute Gasteiger partial charge is 0.0753 e. The normalized spacial score (nSPS) is 12.6. The molecule has 0 aromatic heterocycles. The molecule has 0 spiro atoms. The first-order chi connectivity index (χ1) is 12.5. The van der Waals surface area contributed by atoms with Crippen LogP contribution in [0, 0.1) is 5.41 Å². The summed E-state index contributed by atoms with van der Waals surface area (Å²) in [7, 11) is 0. The fourth-order valence-electron chi connectivity index (χ4n) is 3.45. The average Bonchev–Trinajstić information content (AvgIpc) is 2.59. The summed E-state index contributed by atoms with van der Waals surface area (Å²) in [6.07, 6.45) is 23.9. The molecule has 0 aliphatic rings. The van der Waals surface area contributed by atoms with Gasteiger partial charge in [0.1, 0.15) is 0 Å². The van der Waals surface area contributed by atoms with Crippen molar-refractivity contribution < 1.29 is 24.2 Å². The second-order valence-electron chi connectivity index (χ2n) is 9.34. The number of unbranched alkanes of at least 4 members (excludes halogenated alkanes) is 12. The van der Waals surface area contributed by atoms with Gasteiger partial charge in [0.15, 0.2) is 0 Å². The molecule has 0 bridgehead atoms. The van der Waals surface area contributed by atoms with Crippen LogP contribution < -0.4 is 0 Å². The van der Waals surface area contributed by atoms with Gasteiger partial charge in [0.05, 0.1) is 6.10 Å². The van der Waals surface area contributed by atoms with Crippen molar-refractivity contribution >= 4 is 0 Å². The van der Waals surface area contributed by atoms with E-state index < -0.39 is 0 Å². The van der Waals surface area contributed by atoms with Crippen molar-refractivity contribution in [2.45, 2.75) is 137 Å². The van der Waals surface area contributed by atoms with Gasteiger partial charge in [0.2, 0.25) is 0 Å². The molecule has 0 aromatic rings. The molecular formula is C25H50ORu. The quantitative estimate of drug-likeness (QED) is 0.105. The molecule has 2 heteroatoms. The van der Waals surface area contributed by atoms with Gasteiger partial charge < -0.3 is 4.74 Å². The van der Waals surface area contributed by atoms with Gasteiger partial charge in [0.25, 0.3) is 0 Å². The van der Waals surface area contributed by atoms with Crippen LogP contribution in [0.2, 0.25) is 0 Å². The van der Waals surface area contributed by atoms with Crippen molar-refractivity contribution in [3.05, 3.63) is 12.7 Å². The molecule has 0 fully saturated rings. The minimum Gasteiger partial charge on any atom is -0.374 e. The fraction of sp³-hybridized carbons (Fsp3) is 0.920. The molecule has 27 heavy (non-hydrogen) atoms. The Balaban J connectivity index is 0. The first kappa shape index (κ1) is 29.5. The van der Waals surface area contributed by atoms with Gasteiger partial charge in [-0.2, -0.15) is 0 Å². The summed E-state index contributed by atoms with van der Waals surface area (Å²) < 4.78 is 6.00. The zero-order valence-electron chi connectivity index (χ0n) is 19.1. The van der Waals surface area contributed by atoms with Crippen LogP contribution >= 0.6 is 0 Å². The SMILES string of the molecule is C=CC(CCCCCCCCC)OCCCCCCCCCC(C)(C)C.[Ru]. The van der Waals surface area contributed by atoms with Gasteiger partial charge in [-0.05, 0) is 24.7 Å². The standard InChI is InChI=1S/C25H50O.Ru/c1-6-8-9-10-12-15-18-21-24(7-2)26-23-20-17-14-11-13-16-19-22-25(3,4)5;/h7,24H,2,6,8-23H2,1,3-5H3;. The second-order valence-corrected chi connectivity index (χ2v) is 9.34. The minimum atomic E-state index is 0. The van der Waals surface area contributed by atoms with Crippen molar-refractivity contribution in [3.8, 4) is 0 Å². The maximum atomic E-state index is 6.00. The van der Waals surface area contributed by atoms with Crippen LogP contribution in [0.3, 0.4) is 0 Å². The predicted octanol–water partition coefficient (Wildman–Crippen LogP) is 8.86. The number of rotatable bonds is 19. The zero-order chi connectivity index (χ0) is 19.5. The summed E-state index contributed by atoms with van der Waals surface area (Å²) in [6.45, 7) is 14.2. The number of ether oxygens (including phenoxy) is 1. The Morgan fingerprint density at radius 3 is 1.74 bits per heavy atom. The molecule has 0 aliphatic carbocycles. The predicted molar refractivity (Wildman–Crippen MR) is 119 cm³/mol. The molecule has 1 atom stereocenters. The van der Waals surface area contributed by atoms with Gasteiger partial charge >= 0.3 is 0 Å². The van der Waals surface area contributed by atoms with Crippen molar-refractivity contribution in [3.63, 3.8) is 0 Å². The molecule has 1 nitrogen and oxygen atoms in total.